The average Bonchev–Trinajstić information content (AvgIpc) is 2.49. The molecule has 0 atom stereocenters. The van der Waals surface area contributed by atoms with Crippen LogP contribution in [0.2, 0.25) is 5.02 Å². The van der Waals surface area contributed by atoms with Crippen molar-refractivity contribution in [2.75, 3.05) is 12.4 Å². The first-order valence-electron chi connectivity index (χ1n) is 6.17. The lowest BCUT2D eigenvalue weighted by Gasteiger charge is -2.09. The summed E-state index contributed by atoms with van der Waals surface area (Å²) in [5.41, 5.74) is 0.321. The third-order valence-corrected chi connectivity index (χ3v) is 4.80. The topological polar surface area (TPSA) is 95.5 Å². The van der Waals surface area contributed by atoms with Crippen LogP contribution in [-0.2, 0) is 10.0 Å². The molecule has 116 valence electrons. The number of rotatable bonds is 4. The molecule has 2 aromatic carbocycles. The van der Waals surface area contributed by atoms with Crippen LogP contribution in [-0.4, -0.2) is 26.5 Å². The SMILES string of the molecule is CNS(=O)(=O)c1cc(C(=O)Nc2ccccc2O)ccc1Cl. The van der Waals surface area contributed by atoms with Gasteiger partial charge in [0.05, 0.1) is 10.7 Å². The van der Waals surface area contributed by atoms with Gasteiger partial charge in [0.25, 0.3) is 5.91 Å². The summed E-state index contributed by atoms with van der Waals surface area (Å²) in [6.07, 6.45) is 0. The van der Waals surface area contributed by atoms with Crippen molar-refractivity contribution < 1.29 is 18.3 Å². The standard InChI is InChI=1S/C14H13ClN2O4S/c1-16-22(20,21)13-8-9(6-7-10(13)15)14(19)17-11-4-2-3-5-12(11)18/h2-8,16,18H,1H3,(H,17,19). The second-order valence-electron chi connectivity index (χ2n) is 4.32. The van der Waals surface area contributed by atoms with Gasteiger partial charge in [-0.2, -0.15) is 0 Å². The minimum absolute atomic E-state index is 0.00783. The first-order valence-corrected chi connectivity index (χ1v) is 8.03. The molecule has 2 aromatic rings. The normalized spacial score (nSPS) is 11.2. The van der Waals surface area contributed by atoms with Crippen molar-refractivity contribution in [3.63, 3.8) is 0 Å². The van der Waals surface area contributed by atoms with E-state index in [-0.39, 0.29) is 26.9 Å². The third-order valence-electron chi connectivity index (χ3n) is 2.90. The Kier molecular flexibility index (Phi) is 4.70. The van der Waals surface area contributed by atoms with Crippen LogP contribution < -0.4 is 10.0 Å². The van der Waals surface area contributed by atoms with Crippen LogP contribution in [0.25, 0.3) is 0 Å². The van der Waals surface area contributed by atoms with Crippen molar-refractivity contribution >= 4 is 33.2 Å². The fraction of sp³-hybridized carbons (Fsp3) is 0.0714. The van der Waals surface area contributed by atoms with E-state index in [2.05, 4.69) is 10.0 Å². The van der Waals surface area contributed by atoms with E-state index < -0.39 is 15.9 Å². The number of benzene rings is 2. The van der Waals surface area contributed by atoms with E-state index >= 15 is 0 Å². The fourth-order valence-corrected chi connectivity index (χ4v) is 2.98. The van der Waals surface area contributed by atoms with Gasteiger partial charge in [0.1, 0.15) is 10.6 Å². The van der Waals surface area contributed by atoms with Gasteiger partial charge >= 0.3 is 0 Å². The summed E-state index contributed by atoms with van der Waals surface area (Å²) in [5, 5.41) is 12.1. The van der Waals surface area contributed by atoms with Crippen LogP contribution in [0.4, 0.5) is 5.69 Å². The number of halogens is 1. The molecule has 3 N–H and O–H groups in total. The maximum atomic E-state index is 12.2. The molecule has 8 heteroatoms. The number of para-hydroxylation sites is 2. The van der Waals surface area contributed by atoms with E-state index in [4.69, 9.17) is 11.6 Å². The van der Waals surface area contributed by atoms with Crippen molar-refractivity contribution in [1.29, 1.82) is 0 Å². The predicted molar refractivity (Wildman–Crippen MR) is 83.8 cm³/mol. The summed E-state index contributed by atoms with van der Waals surface area (Å²) in [6, 6.07) is 10.1. The molecule has 0 bridgehead atoms. The highest BCUT2D eigenvalue weighted by Crippen LogP contribution is 2.25. The lowest BCUT2D eigenvalue weighted by Crippen LogP contribution is -2.20. The van der Waals surface area contributed by atoms with Gasteiger partial charge in [-0.3, -0.25) is 4.79 Å². The number of amides is 1. The highest BCUT2D eigenvalue weighted by molar-refractivity contribution is 7.89. The number of hydrogen-bond donors (Lipinski definition) is 3. The van der Waals surface area contributed by atoms with Crippen molar-refractivity contribution in [1.82, 2.24) is 4.72 Å². The summed E-state index contributed by atoms with van der Waals surface area (Å²) in [7, 11) is -2.53. The second-order valence-corrected chi connectivity index (χ2v) is 6.59. The number of sulfonamides is 1. The van der Waals surface area contributed by atoms with Gasteiger partial charge in [-0.1, -0.05) is 23.7 Å². The van der Waals surface area contributed by atoms with E-state index in [0.717, 1.165) is 0 Å². The Labute approximate surface area is 132 Å². The van der Waals surface area contributed by atoms with Crippen LogP contribution in [0.3, 0.4) is 0 Å². The molecule has 0 aliphatic rings. The first kappa shape index (κ1) is 16.3. The highest BCUT2D eigenvalue weighted by Gasteiger charge is 2.19. The Bertz CT molecular complexity index is 821. The Morgan fingerprint density at radius 3 is 2.50 bits per heavy atom. The zero-order valence-electron chi connectivity index (χ0n) is 11.5. The number of anilines is 1. The zero-order chi connectivity index (χ0) is 16.3. The quantitative estimate of drug-likeness (QED) is 0.743. The molecule has 0 unspecified atom stereocenters. The van der Waals surface area contributed by atoms with Gasteiger partial charge in [-0.15, -0.1) is 0 Å². The summed E-state index contributed by atoms with van der Waals surface area (Å²) in [5.74, 6) is -0.654. The molecule has 0 heterocycles. The largest absolute Gasteiger partial charge is 0.506 e. The Balaban J connectivity index is 2.36. The Morgan fingerprint density at radius 1 is 1.18 bits per heavy atom. The van der Waals surface area contributed by atoms with E-state index in [1.54, 1.807) is 12.1 Å². The van der Waals surface area contributed by atoms with Crippen LogP contribution in [0.15, 0.2) is 47.4 Å². The Hall–Kier alpha value is -2.09. The summed E-state index contributed by atoms with van der Waals surface area (Å²) >= 11 is 5.86. The molecule has 2 rings (SSSR count). The summed E-state index contributed by atoms with van der Waals surface area (Å²) in [6.45, 7) is 0. The summed E-state index contributed by atoms with van der Waals surface area (Å²) in [4.78, 5) is 12.0. The molecule has 0 fully saturated rings. The number of nitrogens with one attached hydrogen (secondary N) is 2. The second kappa shape index (κ2) is 6.35. The molecular formula is C14H13ClN2O4S. The van der Waals surface area contributed by atoms with E-state index in [0.29, 0.717) is 0 Å². The van der Waals surface area contributed by atoms with Crippen LogP contribution in [0, 0.1) is 0 Å². The van der Waals surface area contributed by atoms with Gasteiger partial charge < -0.3 is 10.4 Å². The molecule has 1 amide bonds. The number of aromatic hydroxyl groups is 1. The highest BCUT2D eigenvalue weighted by atomic mass is 35.5. The molecule has 6 nitrogen and oxygen atoms in total. The molecule has 0 spiro atoms. The van der Waals surface area contributed by atoms with E-state index in [9.17, 15) is 18.3 Å². The fourth-order valence-electron chi connectivity index (χ4n) is 1.73. The molecule has 0 radical (unpaired) electrons. The van der Waals surface area contributed by atoms with E-state index in [1.807, 2.05) is 0 Å². The number of carbonyl (C=O) groups is 1. The third kappa shape index (κ3) is 3.38. The molecule has 0 aliphatic carbocycles. The number of carbonyl (C=O) groups excluding carboxylic acids is 1. The minimum Gasteiger partial charge on any atom is -0.506 e. The monoisotopic (exact) mass is 340 g/mol. The molecule has 22 heavy (non-hydrogen) atoms. The lowest BCUT2D eigenvalue weighted by atomic mass is 10.2. The number of phenols is 1. The van der Waals surface area contributed by atoms with Crippen molar-refractivity contribution in [3.05, 3.63) is 53.1 Å². The number of phenolic OH excluding ortho intramolecular Hbond substituents is 1. The van der Waals surface area contributed by atoms with E-state index in [1.165, 1.54) is 37.4 Å². The lowest BCUT2D eigenvalue weighted by molar-refractivity contribution is 0.102. The number of hydrogen-bond acceptors (Lipinski definition) is 4. The molecule has 0 aliphatic heterocycles. The first-order chi connectivity index (χ1) is 10.3. The van der Waals surface area contributed by atoms with Crippen LogP contribution >= 0.6 is 11.6 Å². The van der Waals surface area contributed by atoms with Crippen molar-refractivity contribution in [2.24, 2.45) is 0 Å². The minimum atomic E-state index is -3.78. The van der Waals surface area contributed by atoms with Crippen LogP contribution in [0.1, 0.15) is 10.4 Å². The molecule has 0 aromatic heterocycles. The molecule has 0 saturated carbocycles. The molecular weight excluding hydrogens is 328 g/mol. The Morgan fingerprint density at radius 2 is 1.86 bits per heavy atom. The predicted octanol–water partition coefficient (Wildman–Crippen LogP) is 2.21. The van der Waals surface area contributed by atoms with Crippen molar-refractivity contribution in [2.45, 2.75) is 4.90 Å². The van der Waals surface area contributed by atoms with Gasteiger partial charge in [0.2, 0.25) is 10.0 Å². The van der Waals surface area contributed by atoms with Gasteiger partial charge in [0, 0.05) is 5.56 Å². The van der Waals surface area contributed by atoms with Crippen LogP contribution in [0.5, 0.6) is 5.75 Å². The smallest absolute Gasteiger partial charge is 0.255 e. The maximum absolute atomic E-state index is 12.2. The maximum Gasteiger partial charge on any atom is 0.255 e. The van der Waals surface area contributed by atoms with Gasteiger partial charge in [0.15, 0.2) is 0 Å². The zero-order valence-corrected chi connectivity index (χ0v) is 13.1. The van der Waals surface area contributed by atoms with Gasteiger partial charge in [-0.25, -0.2) is 13.1 Å². The summed E-state index contributed by atoms with van der Waals surface area (Å²) < 4.78 is 25.8. The van der Waals surface area contributed by atoms with Gasteiger partial charge in [-0.05, 0) is 37.4 Å². The molecule has 0 saturated heterocycles. The average molecular weight is 341 g/mol. The van der Waals surface area contributed by atoms with Crippen molar-refractivity contribution in [3.8, 4) is 5.75 Å².